The Balaban J connectivity index is 1.07. The van der Waals surface area contributed by atoms with Crippen LogP contribution in [0.4, 0.5) is 10.2 Å². The van der Waals surface area contributed by atoms with Crippen molar-refractivity contribution in [1.29, 1.82) is 0 Å². The lowest BCUT2D eigenvalue weighted by Gasteiger charge is -2.23. The van der Waals surface area contributed by atoms with Gasteiger partial charge in [0.2, 0.25) is 5.91 Å². The van der Waals surface area contributed by atoms with Crippen LogP contribution in [0.3, 0.4) is 0 Å². The van der Waals surface area contributed by atoms with Gasteiger partial charge in [-0.1, -0.05) is 104 Å². The van der Waals surface area contributed by atoms with Gasteiger partial charge in [-0.25, -0.2) is 14.6 Å². The molecule has 2 aromatic carbocycles. The number of carbonyl (C=O) groups is 1. The number of aromatic nitrogens is 4. The number of benzene rings is 2. The summed E-state index contributed by atoms with van der Waals surface area (Å²) in [5.41, 5.74) is 5.80. The highest BCUT2D eigenvalue weighted by Crippen LogP contribution is 2.47. The van der Waals surface area contributed by atoms with Crippen LogP contribution in [0.15, 0.2) is 110 Å². The van der Waals surface area contributed by atoms with E-state index >= 15 is 0 Å². The maximum atomic E-state index is 14.2. The SMILES string of the molecule is CCC=CCC=CCC=CCC=CCC=CCCCC(=O)NCCNP(=O)(OCC1OC(n2cnc3c(N)nc(F)nc32)C(O)C1O)Oc1cccc2ccccc12. The molecule has 0 bridgehead atoms. The van der Waals surface area contributed by atoms with Gasteiger partial charge in [-0.15, -0.1) is 0 Å². The molecule has 58 heavy (non-hydrogen) atoms. The van der Waals surface area contributed by atoms with Crippen LogP contribution in [0.5, 0.6) is 5.75 Å². The molecule has 1 aliphatic heterocycles. The van der Waals surface area contributed by atoms with Crippen molar-refractivity contribution in [2.45, 2.75) is 82.8 Å². The number of nitrogen functional groups attached to an aromatic ring is 1. The van der Waals surface area contributed by atoms with Crippen molar-refractivity contribution in [2.75, 3.05) is 25.4 Å². The summed E-state index contributed by atoms with van der Waals surface area (Å²) in [5, 5.41) is 28.9. The summed E-state index contributed by atoms with van der Waals surface area (Å²) in [6.45, 7) is 1.80. The highest BCUT2D eigenvalue weighted by molar-refractivity contribution is 7.52. The fourth-order valence-electron chi connectivity index (χ4n) is 6.11. The Bertz CT molecular complexity index is 2130. The normalized spacial score (nSPS) is 19.9. The topological polar surface area (TPSA) is 196 Å². The van der Waals surface area contributed by atoms with E-state index in [4.69, 9.17) is 19.5 Å². The first-order valence-electron chi connectivity index (χ1n) is 19.5. The number of nitrogens with zero attached hydrogens (tertiary/aromatic N) is 4. The first kappa shape index (κ1) is 44.1. The molecular weight excluding hydrogens is 764 g/mol. The summed E-state index contributed by atoms with van der Waals surface area (Å²) < 4.78 is 47.2. The van der Waals surface area contributed by atoms with Gasteiger partial charge in [0.15, 0.2) is 23.2 Å². The minimum atomic E-state index is -4.19. The van der Waals surface area contributed by atoms with Crippen molar-refractivity contribution in [3.05, 3.63) is 116 Å². The summed E-state index contributed by atoms with van der Waals surface area (Å²) in [6, 6.07) is 12.7. The number of unbranched alkanes of at least 4 members (excludes halogenated alkanes) is 1. The molecule has 1 aliphatic rings. The number of nitrogens with one attached hydrogen (secondary N) is 2. The molecule has 5 unspecified atom stereocenters. The number of hydrogen-bond donors (Lipinski definition) is 5. The maximum absolute atomic E-state index is 14.2. The predicted molar refractivity (Wildman–Crippen MR) is 223 cm³/mol. The van der Waals surface area contributed by atoms with Crippen molar-refractivity contribution in [1.82, 2.24) is 29.9 Å². The number of aliphatic hydroxyl groups is 2. The molecule has 1 amide bonds. The number of fused-ring (bicyclic) bond motifs is 2. The van der Waals surface area contributed by atoms with E-state index in [2.05, 4.69) is 93.0 Å². The molecule has 4 aromatic rings. The average molecular weight is 818 g/mol. The molecule has 310 valence electrons. The van der Waals surface area contributed by atoms with Crippen LogP contribution < -0.4 is 20.7 Å². The van der Waals surface area contributed by atoms with Gasteiger partial charge in [-0.3, -0.25) is 13.9 Å². The van der Waals surface area contributed by atoms with Crippen molar-refractivity contribution < 1.29 is 37.7 Å². The van der Waals surface area contributed by atoms with E-state index in [1.54, 1.807) is 12.1 Å². The summed E-state index contributed by atoms with van der Waals surface area (Å²) in [5.74, 6) is -0.0754. The van der Waals surface area contributed by atoms with Gasteiger partial charge in [-0.05, 0) is 56.4 Å². The molecule has 0 radical (unpaired) electrons. The first-order valence-corrected chi connectivity index (χ1v) is 21.1. The maximum Gasteiger partial charge on any atom is 0.458 e. The summed E-state index contributed by atoms with van der Waals surface area (Å²) in [7, 11) is -4.19. The Kier molecular flexibility index (Phi) is 17.3. The fourth-order valence-corrected chi connectivity index (χ4v) is 7.46. The van der Waals surface area contributed by atoms with E-state index in [0.29, 0.717) is 18.2 Å². The number of hydrogen-bond acceptors (Lipinski definition) is 11. The minimum absolute atomic E-state index is 0.0234. The fraction of sp³-hybridized carbons (Fsp3) is 0.381. The molecule has 5 rings (SSSR count). The van der Waals surface area contributed by atoms with Gasteiger partial charge in [-0.2, -0.15) is 14.4 Å². The Morgan fingerprint density at radius 2 is 1.60 bits per heavy atom. The third-order valence-electron chi connectivity index (χ3n) is 9.09. The third-order valence-corrected chi connectivity index (χ3v) is 10.6. The van der Waals surface area contributed by atoms with Crippen molar-refractivity contribution >= 4 is 41.4 Å². The van der Waals surface area contributed by atoms with Crippen LogP contribution in [-0.2, 0) is 18.6 Å². The lowest BCUT2D eigenvalue weighted by Crippen LogP contribution is -2.35. The molecule has 1 saturated heterocycles. The summed E-state index contributed by atoms with van der Waals surface area (Å²) in [4.78, 5) is 23.8. The Hall–Kier alpha value is -5.02. The summed E-state index contributed by atoms with van der Waals surface area (Å²) >= 11 is 0. The third kappa shape index (κ3) is 13.0. The van der Waals surface area contributed by atoms with Gasteiger partial charge in [0, 0.05) is 24.9 Å². The van der Waals surface area contributed by atoms with E-state index in [9.17, 15) is 24.0 Å². The smallest absolute Gasteiger partial charge is 0.413 e. The Labute approximate surface area is 338 Å². The number of halogens is 1. The highest BCUT2D eigenvalue weighted by atomic mass is 31.2. The molecule has 5 atom stereocenters. The second kappa shape index (κ2) is 22.8. The van der Waals surface area contributed by atoms with Gasteiger partial charge in [0.05, 0.1) is 12.9 Å². The Morgan fingerprint density at radius 1 is 0.931 bits per heavy atom. The predicted octanol–water partition coefficient (Wildman–Crippen LogP) is 7.15. The van der Waals surface area contributed by atoms with Crippen LogP contribution in [0, 0.1) is 6.08 Å². The number of allylic oxidation sites excluding steroid dienone is 10. The Morgan fingerprint density at radius 3 is 2.33 bits per heavy atom. The average Bonchev–Trinajstić information content (AvgIpc) is 3.76. The summed E-state index contributed by atoms with van der Waals surface area (Å²) in [6.07, 6.45) is 22.6. The molecule has 6 N–H and O–H groups in total. The first-order chi connectivity index (χ1) is 28.2. The zero-order valence-electron chi connectivity index (χ0n) is 32.6. The quantitative estimate of drug-likeness (QED) is 0.0220. The second-order valence-corrected chi connectivity index (χ2v) is 15.2. The van der Waals surface area contributed by atoms with Crippen molar-refractivity contribution in [2.24, 2.45) is 0 Å². The zero-order chi connectivity index (χ0) is 41.2. The number of aliphatic hydroxyl groups excluding tert-OH is 2. The van der Waals surface area contributed by atoms with Gasteiger partial charge < -0.3 is 30.5 Å². The van der Waals surface area contributed by atoms with E-state index in [-0.39, 0.29) is 41.7 Å². The van der Waals surface area contributed by atoms with Crippen LogP contribution in [0.1, 0.15) is 64.5 Å². The van der Waals surface area contributed by atoms with Gasteiger partial charge >= 0.3 is 13.8 Å². The second-order valence-electron chi connectivity index (χ2n) is 13.5. The molecule has 3 heterocycles. The number of rotatable bonds is 23. The van der Waals surface area contributed by atoms with Crippen molar-refractivity contribution in [3.8, 4) is 5.75 Å². The lowest BCUT2D eigenvalue weighted by molar-refractivity contribution is -0.121. The molecule has 2 aromatic heterocycles. The molecule has 0 spiro atoms. The standard InChI is InChI=1S/C42H53FN7O7P/c1-2-3-4-5-6-7-8-9-10-11-12-13-14-15-16-17-18-26-35(51)45-27-28-47-58(54,57-33-25-21-23-31-22-19-20-24-32(31)33)55-29-34-37(52)38(53)41(56-34)50-30-46-36-39(44)48-42(43)49-40(36)50/h3-4,6-7,9-10,12-13,15-16,19-25,30,34,37-38,41,52-53H,2,5,8,11,14,17-18,26-29H2,1H3,(H,45,51)(H,47,54)(H2,44,48,49). The monoisotopic (exact) mass is 817 g/mol. The van der Waals surface area contributed by atoms with E-state index < -0.39 is 45.0 Å². The number of anilines is 1. The number of carbonyl (C=O) groups excluding carboxylic acids is 1. The molecule has 0 aliphatic carbocycles. The van der Waals surface area contributed by atoms with E-state index in [1.165, 1.54) is 10.9 Å². The number of imidazole rings is 1. The zero-order valence-corrected chi connectivity index (χ0v) is 33.5. The van der Waals surface area contributed by atoms with Crippen LogP contribution in [-0.4, -0.2) is 73.6 Å². The van der Waals surface area contributed by atoms with E-state index in [1.807, 2.05) is 30.3 Å². The molecule has 16 heteroatoms. The van der Waals surface area contributed by atoms with Crippen LogP contribution in [0.2, 0.25) is 0 Å². The van der Waals surface area contributed by atoms with Crippen molar-refractivity contribution in [3.63, 3.8) is 0 Å². The van der Waals surface area contributed by atoms with Gasteiger partial charge in [0.1, 0.15) is 24.1 Å². The molecule has 0 saturated carbocycles. The lowest BCUT2D eigenvalue weighted by atomic mass is 10.1. The molecular formula is C42H53FN7O7P. The van der Waals surface area contributed by atoms with E-state index in [0.717, 1.165) is 43.9 Å². The highest BCUT2D eigenvalue weighted by Gasteiger charge is 2.45. The van der Waals surface area contributed by atoms with Crippen LogP contribution >= 0.6 is 7.75 Å². The number of amides is 1. The number of nitrogens with two attached hydrogens (primary N) is 1. The van der Waals surface area contributed by atoms with Gasteiger partial charge in [0.25, 0.3) is 0 Å². The molecule has 1 fully saturated rings. The van der Waals surface area contributed by atoms with Crippen LogP contribution in [0.25, 0.3) is 21.9 Å². The number of ether oxygens (including phenoxy) is 1. The molecule has 14 nitrogen and oxygen atoms in total. The largest absolute Gasteiger partial charge is 0.458 e. The minimum Gasteiger partial charge on any atom is -0.413 e.